The lowest BCUT2D eigenvalue weighted by atomic mass is 10.0. The summed E-state index contributed by atoms with van der Waals surface area (Å²) in [4.78, 5) is 12.6. The number of ether oxygens (including phenoxy) is 1. The summed E-state index contributed by atoms with van der Waals surface area (Å²) in [6.07, 6.45) is 8.14. The summed E-state index contributed by atoms with van der Waals surface area (Å²) in [5.41, 5.74) is 2.90. The van der Waals surface area contributed by atoms with E-state index in [0.29, 0.717) is 17.6 Å². The van der Waals surface area contributed by atoms with E-state index < -0.39 is 0 Å². The van der Waals surface area contributed by atoms with E-state index in [-0.39, 0.29) is 5.56 Å². The molecule has 1 fully saturated rings. The molecule has 3 heterocycles. The van der Waals surface area contributed by atoms with E-state index in [1.54, 1.807) is 4.57 Å². The van der Waals surface area contributed by atoms with E-state index in [2.05, 4.69) is 42.0 Å². The van der Waals surface area contributed by atoms with Crippen molar-refractivity contribution in [3.63, 3.8) is 0 Å². The zero-order valence-corrected chi connectivity index (χ0v) is 16.4. The fourth-order valence-electron chi connectivity index (χ4n) is 3.89. The zero-order valence-electron chi connectivity index (χ0n) is 15.7. The van der Waals surface area contributed by atoms with Crippen LogP contribution in [0, 0.1) is 0 Å². The second-order valence-corrected chi connectivity index (χ2v) is 7.61. The van der Waals surface area contributed by atoms with Crippen LogP contribution in [0.2, 0.25) is 5.02 Å². The predicted octanol–water partition coefficient (Wildman–Crippen LogP) is 5.28. The van der Waals surface area contributed by atoms with Crippen LogP contribution in [0.15, 0.2) is 47.5 Å². The zero-order chi connectivity index (χ0) is 18.8. The molecule has 27 heavy (non-hydrogen) atoms. The molecule has 1 saturated heterocycles. The van der Waals surface area contributed by atoms with Gasteiger partial charge in [-0.1, -0.05) is 31.0 Å². The normalized spacial score (nSPS) is 15.5. The summed E-state index contributed by atoms with van der Waals surface area (Å²) in [5.74, 6) is 0. The van der Waals surface area contributed by atoms with E-state index in [4.69, 9.17) is 16.3 Å². The average molecular weight is 385 g/mol. The van der Waals surface area contributed by atoms with Crippen LogP contribution in [-0.4, -0.2) is 22.3 Å². The van der Waals surface area contributed by atoms with Crippen molar-refractivity contribution in [3.05, 3.63) is 58.1 Å². The molecule has 142 valence electrons. The first-order valence-corrected chi connectivity index (χ1v) is 10.1. The summed E-state index contributed by atoms with van der Waals surface area (Å²) in [7, 11) is 0. The number of pyridine rings is 1. The molecular weight excluding hydrogens is 360 g/mol. The molecule has 0 atom stereocenters. The minimum atomic E-state index is -0.109. The molecule has 4 nitrogen and oxygen atoms in total. The van der Waals surface area contributed by atoms with Gasteiger partial charge in [0.25, 0.3) is 5.56 Å². The van der Waals surface area contributed by atoms with Gasteiger partial charge in [0.05, 0.1) is 0 Å². The van der Waals surface area contributed by atoms with Crippen molar-refractivity contribution in [1.82, 2.24) is 9.13 Å². The smallest absolute Gasteiger partial charge is 0.269 e. The Labute approximate surface area is 164 Å². The van der Waals surface area contributed by atoms with Crippen molar-refractivity contribution in [3.8, 4) is 11.1 Å². The molecule has 0 amide bonds. The van der Waals surface area contributed by atoms with Gasteiger partial charge in [0.15, 0.2) is 0 Å². The molecule has 5 heteroatoms. The Balaban J connectivity index is 1.68. The lowest BCUT2D eigenvalue weighted by Gasteiger charge is -2.24. The van der Waals surface area contributed by atoms with Gasteiger partial charge >= 0.3 is 0 Å². The molecule has 1 aromatic carbocycles. The van der Waals surface area contributed by atoms with Crippen molar-refractivity contribution in [2.24, 2.45) is 0 Å². The Morgan fingerprint density at radius 2 is 1.96 bits per heavy atom. The van der Waals surface area contributed by atoms with Gasteiger partial charge in [-0.05, 0) is 49.1 Å². The van der Waals surface area contributed by atoms with Gasteiger partial charge in [0.1, 0.15) is 5.02 Å². The van der Waals surface area contributed by atoms with E-state index in [1.165, 1.54) is 10.9 Å². The highest BCUT2D eigenvalue weighted by molar-refractivity contribution is 6.33. The SMILES string of the molecule is CCCCn1ccc(-c2ccc3c(ccn3C3CCOCC3)c2)c(Cl)c1=O. The van der Waals surface area contributed by atoms with E-state index in [1.807, 2.05) is 12.3 Å². The molecule has 0 saturated carbocycles. The Hall–Kier alpha value is -2.04. The van der Waals surface area contributed by atoms with E-state index in [0.717, 1.165) is 50.0 Å². The topological polar surface area (TPSA) is 36.2 Å². The minimum Gasteiger partial charge on any atom is -0.381 e. The first kappa shape index (κ1) is 18.3. The summed E-state index contributed by atoms with van der Waals surface area (Å²) in [6.45, 7) is 4.48. The molecule has 0 unspecified atom stereocenters. The number of nitrogens with zero attached hydrogens (tertiary/aromatic N) is 2. The third-order valence-electron chi connectivity index (χ3n) is 5.47. The maximum Gasteiger partial charge on any atom is 0.269 e. The maximum atomic E-state index is 12.6. The number of hydrogen-bond acceptors (Lipinski definition) is 2. The lowest BCUT2D eigenvalue weighted by molar-refractivity contribution is 0.0707. The Morgan fingerprint density at radius 1 is 1.15 bits per heavy atom. The third kappa shape index (κ3) is 3.56. The fourth-order valence-corrected chi connectivity index (χ4v) is 4.17. The summed E-state index contributed by atoms with van der Waals surface area (Å²) in [6, 6.07) is 10.9. The first-order chi connectivity index (χ1) is 13.2. The van der Waals surface area contributed by atoms with Gasteiger partial charge in [0.2, 0.25) is 0 Å². The van der Waals surface area contributed by atoms with Crippen LogP contribution in [0.3, 0.4) is 0 Å². The molecule has 2 aromatic heterocycles. The van der Waals surface area contributed by atoms with Gasteiger partial charge in [-0.15, -0.1) is 0 Å². The Kier molecular flexibility index (Phi) is 5.37. The Bertz CT molecular complexity index is 999. The van der Waals surface area contributed by atoms with E-state index >= 15 is 0 Å². The molecule has 0 radical (unpaired) electrons. The average Bonchev–Trinajstić information content (AvgIpc) is 3.13. The highest BCUT2D eigenvalue weighted by Crippen LogP contribution is 2.31. The van der Waals surface area contributed by atoms with Crippen LogP contribution in [-0.2, 0) is 11.3 Å². The molecule has 3 aromatic rings. The minimum absolute atomic E-state index is 0.109. The molecule has 0 bridgehead atoms. The standard InChI is InChI=1S/C22H25ClN2O2/c1-2-3-10-24-11-7-19(21(23)22(24)26)16-4-5-20-17(15-16)6-12-25(20)18-8-13-27-14-9-18/h4-7,11-12,15,18H,2-3,8-10,13-14H2,1H3. The molecule has 1 aliphatic heterocycles. The van der Waals surface area contributed by atoms with Gasteiger partial charge in [-0.3, -0.25) is 4.79 Å². The third-order valence-corrected chi connectivity index (χ3v) is 5.84. The molecule has 0 spiro atoms. The monoisotopic (exact) mass is 384 g/mol. The molecular formula is C22H25ClN2O2. The number of unbranched alkanes of at least 4 members (excludes halogenated alkanes) is 1. The number of benzene rings is 1. The Morgan fingerprint density at radius 3 is 2.74 bits per heavy atom. The summed E-state index contributed by atoms with van der Waals surface area (Å²) < 4.78 is 9.54. The van der Waals surface area contributed by atoms with Crippen molar-refractivity contribution in [1.29, 1.82) is 0 Å². The van der Waals surface area contributed by atoms with Crippen LogP contribution >= 0.6 is 11.6 Å². The molecule has 0 N–H and O–H groups in total. The number of aromatic nitrogens is 2. The second kappa shape index (κ2) is 7.91. The van der Waals surface area contributed by atoms with Crippen molar-refractivity contribution in [2.45, 2.75) is 45.2 Å². The van der Waals surface area contributed by atoms with Crippen LogP contribution in [0.1, 0.15) is 38.6 Å². The van der Waals surface area contributed by atoms with Gasteiger partial charge in [0, 0.05) is 54.7 Å². The second-order valence-electron chi connectivity index (χ2n) is 7.24. The van der Waals surface area contributed by atoms with Crippen LogP contribution in [0.25, 0.3) is 22.0 Å². The quantitative estimate of drug-likeness (QED) is 0.600. The summed E-state index contributed by atoms with van der Waals surface area (Å²) in [5, 5.41) is 1.47. The number of halogens is 1. The molecule has 4 rings (SSSR count). The van der Waals surface area contributed by atoms with Gasteiger partial charge in [-0.25, -0.2) is 0 Å². The van der Waals surface area contributed by atoms with Crippen LogP contribution in [0.4, 0.5) is 0 Å². The van der Waals surface area contributed by atoms with Gasteiger partial charge in [-0.2, -0.15) is 0 Å². The van der Waals surface area contributed by atoms with Crippen molar-refractivity contribution in [2.75, 3.05) is 13.2 Å². The van der Waals surface area contributed by atoms with Crippen LogP contribution < -0.4 is 5.56 Å². The number of hydrogen-bond donors (Lipinski definition) is 0. The lowest BCUT2D eigenvalue weighted by Crippen LogP contribution is -2.20. The largest absolute Gasteiger partial charge is 0.381 e. The number of fused-ring (bicyclic) bond motifs is 1. The van der Waals surface area contributed by atoms with Crippen molar-refractivity contribution < 1.29 is 4.74 Å². The number of aryl methyl sites for hydroxylation is 1. The van der Waals surface area contributed by atoms with Crippen molar-refractivity contribution >= 4 is 22.5 Å². The first-order valence-electron chi connectivity index (χ1n) is 9.76. The fraction of sp³-hybridized carbons (Fsp3) is 0.409. The highest BCUT2D eigenvalue weighted by atomic mass is 35.5. The van der Waals surface area contributed by atoms with Crippen LogP contribution in [0.5, 0.6) is 0 Å². The summed E-state index contributed by atoms with van der Waals surface area (Å²) >= 11 is 6.44. The number of rotatable bonds is 5. The molecule has 1 aliphatic rings. The maximum absolute atomic E-state index is 12.6. The van der Waals surface area contributed by atoms with Gasteiger partial charge < -0.3 is 13.9 Å². The predicted molar refractivity (Wildman–Crippen MR) is 111 cm³/mol. The highest BCUT2D eigenvalue weighted by Gasteiger charge is 2.17. The van der Waals surface area contributed by atoms with E-state index in [9.17, 15) is 4.79 Å². The molecule has 0 aliphatic carbocycles.